The van der Waals surface area contributed by atoms with Crippen LogP contribution in [0.4, 0.5) is 4.79 Å². The van der Waals surface area contributed by atoms with E-state index in [2.05, 4.69) is 12.2 Å². The van der Waals surface area contributed by atoms with E-state index in [1.165, 1.54) is 0 Å². The lowest BCUT2D eigenvalue weighted by Gasteiger charge is -2.29. The van der Waals surface area contributed by atoms with Crippen LogP contribution in [0.1, 0.15) is 43.0 Å². The molecule has 0 unspecified atom stereocenters. The van der Waals surface area contributed by atoms with Crippen LogP contribution in [0.3, 0.4) is 0 Å². The predicted octanol–water partition coefficient (Wildman–Crippen LogP) is 4.00. The molecule has 0 aliphatic carbocycles. The minimum atomic E-state index is -0.212. The summed E-state index contributed by atoms with van der Waals surface area (Å²) in [4.78, 5) is 31.0. The van der Waals surface area contributed by atoms with E-state index in [4.69, 9.17) is 14.2 Å². The molecule has 1 fully saturated rings. The van der Waals surface area contributed by atoms with Gasteiger partial charge in [-0.25, -0.2) is 4.79 Å². The zero-order valence-corrected chi connectivity index (χ0v) is 20.5. The van der Waals surface area contributed by atoms with Crippen LogP contribution in [0.15, 0.2) is 35.7 Å². The van der Waals surface area contributed by atoms with Gasteiger partial charge in [-0.15, -0.1) is 11.3 Å². The van der Waals surface area contributed by atoms with Gasteiger partial charge in [0.1, 0.15) is 6.54 Å². The average Bonchev–Trinajstić information content (AvgIpc) is 3.61. The molecule has 0 saturated carbocycles. The third-order valence-electron chi connectivity index (χ3n) is 5.96. The van der Waals surface area contributed by atoms with Crippen molar-refractivity contribution in [3.63, 3.8) is 0 Å². The molecular weight excluding hydrogens is 454 g/mol. The average molecular weight is 488 g/mol. The summed E-state index contributed by atoms with van der Waals surface area (Å²) in [5.41, 5.74) is 0.951. The summed E-state index contributed by atoms with van der Waals surface area (Å²) in [6.07, 6.45) is 3.77. The third kappa shape index (κ3) is 6.64. The second-order valence-corrected chi connectivity index (χ2v) is 9.65. The second kappa shape index (κ2) is 12.1. The van der Waals surface area contributed by atoms with Crippen molar-refractivity contribution in [1.82, 2.24) is 15.1 Å². The number of fused-ring (bicyclic) bond motifs is 1. The van der Waals surface area contributed by atoms with Crippen molar-refractivity contribution in [2.75, 3.05) is 33.0 Å². The summed E-state index contributed by atoms with van der Waals surface area (Å²) >= 11 is 1.61. The Balaban J connectivity index is 1.47. The highest BCUT2D eigenvalue weighted by Gasteiger charge is 2.27. The Hall–Kier alpha value is -2.78. The molecule has 34 heavy (non-hydrogen) atoms. The third-order valence-corrected chi connectivity index (χ3v) is 6.82. The molecule has 3 amide bonds. The molecule has 0 spiro atoms. The fraction of sp³-hybridized carbons (Fsp3) is 0.520. The van der Waals surface area contributed by atoms with Crippen molar-refractivity contribution >= 4 is 23.3 Å². The maximum absolute atomic E-state index is 13.5. The molecule has 1 N–H and O–H groups in total. The first-order valence-electron chi connectivity index (χ1n) is 12.0. The minimum absolute atomic E-state index is 0.00768. The number of rotatable bonds is 11. The van der Waals surface area contributed by atoms with E-state index in [9.17, 15) is 9.59 Å². The monoisotopic (exact) mass is 487 g/mol. The Bertz CT molecular complexity index is 946. The summed E-state index contributed by atoms with van der Waals surface area (Å²) < 4.78 is 16.7. The number of unbranched alkanes of at least 4 members (excludes halogenated alkanes) is 1. The van der Waals surface area contributed by atoms with E-state index in [1.54, 1.807) is 21.1 Å². The number of carbonyl (C=O) groups is 2. The molecule has 184 valence electrons. The molecule has 8 nitrogen and oxygen atoms in total. The quantitative estimate of drug-likeness (QED) is 0.485. The van der Waals surface area contributed by atoms with Crippen LogP contribution in [-0.2, 0) is 22.6 Å². The van der Waals surface area contributed by atoms with Gasteiger partial charge >= 0.3 is 6.03 Å². The van der Waals surface area contributed by atoms with Crippen molar-refractivity contribution in [1.29, 1.82) is 0 Å². The molecule has 1 atom stereocenters. The number of nitrogens with zero attached hydrogens (tertiary/aromatic N) is 2. The van der Waals surface area contributed by atoms with Crippen LogP contribution in [0.5, 0.6) is 11.5 Å². The van der Waals surface area contributed by atoms with Crippen molar-refractivity contribution in [3.8, 4) is 11.5 Å². The van der Waals surface area contributed by atoms with E-state index in [0.717, 1.165) is 36.1 Å². The highest BCUT2D eigenvalue weighted by atomic mass is 32.1. The number of benzene rings is 1. The zero-order valence-electron chi connectivity index (χ0n) is 19.7. The molecule has 1 saturated heterocycles. The Kier molecular flexibility index (Phi) is 8.65. The number of nitrogens with one attached hydrogen (secondary N) is 1. The van der Waals surface area contributed by atoms with E-state index in [1.807, 2.05) is 35.7 Å². The Morgan fingerprint density at radius 2 is 2.03 bits per heavy atom. The molecule has 2 aliphatic heterocycles. The van der Waals surface area contributed by atoms with Gasteiger partial charge in [-0.1, -0.05) is 25.5 Å². The summed E-state index contributed by atoms with van der Waals surface area (Å²) in [7, 11) is 0. The SMILES string of the molecule is CCCCNC(=O)N(CC(=O)N(Cc1ccc2c(c1)OCO2)Cc1cccs1)C[C@@H]1CCCO1. The number of carbonyl (C=O) groups excluding carboxylic acids is 2. The summed E-state index contributed by atoms with van der Waals surface area (Å²) in [6, 6.07) is 9.52. The fourth-order valence-electron chi connectivity index (χ4n) is 4.08. The Morgan fingerprint density at radius 1 is 1.15 bits per heavy atom. The lowest BCUT2D eigenvalue weighted by Crippen LogP contribution is -2.49. The van der Waals surface area contributed by atoms with Crippen LogP contribution in [0.2, 0.25) is 0 Å². The van der Waals surface area contributed by atoms with Gasteiger partial charge in [0.2, 0.25) is 12.7 Å². The van der Waals surface area contributed by atoms with Crippen molar-refractivity contribution in [2.24, 2.45) is 0 Å². The van der Waals surface area contributed by atoms with Crippen molar-refractivity contribution < 1.29 is 23.8 Å². The number of thiophene rings is 1. The van der Waals surface area contributed by atoms with Crippen LogP contribution < -0.4 is 14.8 Å². The van der Waals surface area contributed by atoms with Gasteiger partial charge in [-0.05, 0) is 48.4 Å². The maximum atomic E-state index is 13.5. The number of ether oxygens (including phenoxy) is 3. The first-order chi connectivity index (χ1) is 16.6. The number of hydrogen-bond acceptors (Lipinski definition) is 6. The van der Waals surface area contributed by atoms with Crippen molar-refractivity contribution in [2.45, 2.75) is 51.8 Å². The van der Waals surface area contributed by atoms with Crippen molar-refractivity contribution in [3.05, 3.63) is 46.2 Å². The summed E-state index contributed by atoms with van der Waals surface area (Å²) in [6.45, 7) is 4.92. The van der Waals surface area contributed by atoms with Gasteiger partial charge in [0.15, 0.2) is 11.5 Å². The zero-order chi connectivity index (χ0) is 23.8. The molecule has 2 aromatic rings. The molecule has 0 radical (unpaired) electrons. The topological polar surface area (TPSA) is 80.3 Å². The summed E-state index contributed by atoms with van der Waals surface area (Å²) in [5, 5.41) is 4.96. The molecular formula is C25H33N3O5S. The largest absolute Gasteiger partial charge is 0.454 e. The van der Waals surface area contributed by atoms with Crippen LogP contribution in [0.25, 0.3) is 0 Å². The predicted molar refractivity (Wildman–Crippen MR) is 130 cm³/mol. The van der Waals surface area contributed by atoms with Gasteiger partial charge in [-0.3, -0.25) is 4.79 Å². The van der Waals surface area contributed by atoms with Crippen LogP contribution in [-0.4, -0.2) is 60.9 Å². The number of amides is 3. The Morgan fingerprint density at radius 3 is 2.79 bits per heavy atom. The molecule has 1 aromatic heterocycles. The molecule has 1 aromatic carbocycles. The van der Waals surface area contributed by atoms with E-state index < -0.39 is 0 Å². The fourth-order valence-corrected chi connectivity index (χ4v) is 4.80. The lowest BCUT2D eigenvalue weighted by molar-refractivity contribution is -0.133. The van der Waals surface area contributed by atoms with Crippen LogP contribution >= 0.6 is 11.3 Å². The van der Waals surface area contributed by atoms with E-state index >= 15 is 0 Å². The van der Waals surface area contributed by atoms with E-state index in [0.29, 0.717) is 44.3 Å². The highest BCUT2D eigenvalue weighted by molar-refractivity contribution is 7.09. The molecule has 4 rings (SSSR count). The number of hydrogen-bond donors (Lipinski definition) is 1. The molecule has 9 heteroatoms. The van der Waals surface area contributed by atoms with Crippen LogP contribution in [0, 0.1) is 0 Å². The van der Waals surface area contributed by atoms with Gasteiger partial charge in [-0.2, -0.15) is 0 Å². The van der Waals surface area contributed by atoms with Gasteiger partial charge in [0.05, 0.1) is 12.6 Å². The first kappa shape index (κ1) is 24.3. The second-order valence-electron chi connectivity index (χ2n) is 8.62. The highest BCUT2D eigenvalue weighted by Crippen LogP contribution is 2.33. The van der Waals surface area contributed by atoms with E-state index in [-0.39, 0.29) is 31.4 Å². The Labute approximate surface area is 204 Å². The molecule has 2 aliphatic rings. The maximum Gasteiger partial charge on any atom is 0.317 e. The normalized spacial score (nSPS) is 16.4. The standard InChI is InChI=1S/C25H33N3O5S/c1-2-3-10-26-25(30)28(15-20-6-4-11-31-20)17-24(29)27(16-21-7-5-12-34-21)14-19-8-9-22-23(13-19)33-18-32-22/h5,7-9,12-13,20H,2-4,6,10-11,14-18H2,1H3,(H,26,30)/t20-/m0/s1. The molecule has 3 heterocycles. The molecule has 0 bridgehead atoms. The smallest absolute Gasteiger partial charge is 0.317 e. The minimum Gasteiger partial charge on any atom is -0.454 e. The summed E-state index contributed by atoms with van der Waals surface area (Å²) in [5.74, 6) is 1.30. The van der Waals surface area contributed by atoms with Gasteiger partial charge in [0.25, 0.3) is 0 Å². The first-order valence-corrected chi connectivity index (χ1v) is 12.8. The van der Waals surface area contributed by atoms with Gasteiger partial charge in [0, 0.05) is 31.1 Å². The van der Waals surface area contributed by atoms with Gasteiger partial charge < -0.3 is 29.3 Å². The number of urea groups is 1. The lowest BCUT2D eigenvalue weighted by atomic mass is 10.1.